The van der Waals surface area contributed by atoms with Gasteiger partial charge in [0.1, 0.15) is 0 Å². The van der Waals surface area contributed by atoms with Gasteiger partial charge in [-0.3, -0.25) is 4.98 Å². The van der Waals surface area contributed by atoms with Crippen molar-refractivity contribution in [3.8, 4) is 0 Å². The molecule has 0 aliphatic heterocycles. The van der Waals surface area contributed by atoms with Crippen molar-refractivity contribution in [2.24, 2.45) is 0 Å². The van der Waals surface area contributed by atoms with Gasteiger partial charge in [-0.05, 0) is 29.3 Å². The van der Waals surface area contributed by atoms with E-state index in [1.54, 1.807) is 36.7 Å². The molecule has 0 saturated carbocycles. The molecule has 18 heavy (non-hydrogen) atoms. The summed E-state index contributed by atoms with van der Waals surface area (Å²) in [5.74, 6) is -0.919. The highest BCUT2D eigenvalue weighted by Gasteiger charge is 2.01. The Balaban J connectivity index is 1.85. The Kier molecular flexibility index (Phi) is 4.04. The van der Waals surface area contributed by atoms with Crippen molar-refractivity contribution in [3.63, 3.8) is 0 Å². The minimum absolute atomic E-state index is 0.283. The van der Waals surface area contributed by atoms with Crippen LogP contribution in [0.1, 0.15) is 21.5 Å². The zero-order valence-electron chi connectivity index (χ0n) is 9.74. The van der Waals surface area contributed by atoms with E-state index in [1.807, 2.05) is 12.1 Å². The number of rotatable bonds is 5. The van der Waals surface area contributed by atoms with E-state index in [-0.39, 0.29) is 5.56 Å². The minimum atomic E-state index is -0.919. The molecule has 1 aromatic carbocycles. The molecule has 1 N–H and O–H groups in total. The van der Waals surface area contributed by atoms with E-state index in [0.717, 1.165) is 11.1 Å². The molecule has 92 valence electrons. The predicted molar refractivity (Wildman–Crippen MR) is 66.1 cm³/mol. The molecular weight excluding hydrogens is 230 g/mol. The molecule has 0 bridgehead atoms. The molecule has 0 unspecified atom stereocenters. The van der Waals surface area contributed by atoms with E-state index < -0.39 is 5.97 Å². The zero-order chi connectivity index (χ0) is 12.8. The molecule has 0 atom stereocenters. The van der Waals surface area contributed by atoms with Gasteiger partial charge in [-0.2, -0.15) is 0 Å². The highest BCUT2D eigenvalue weighted by molar-refractivity contribution is 5.87. The van der Waals surface area contributed by atoms with Gasteiger partial charge in [0.2, 0.25) is 0 Å². The van der Waals surface area contributed by atoms with Gasteiger partial charge in [-0.25, -0.2) is 4.79 Å². The number of ether oxygens (including phenoxy) is 1. The topological polar surface area (TPSA) is 59.4 Å². The molecule has 4 heteroatoms. The number of carbonyl (C=O) groups is 1. The van der Waals surface area contributed by atoms with Crippen molar-refractivity contribution in [1.82, 2.24) is 4.98 Å². The smallest absolute Gasteiger partial charge is 0.335 e. The van der Waals surface area contributed by atoms with E-state index in [4.69, 9.17) is 9.84 Å². The lowest BCUT2D eigenvalue weighted by Crippen LogP contribution is -1.98. The van der Waals surface area contributed by atoms with Crippen LogP contribution >= 0.6 is 0 Å². The van der Waals surface area contributed by atoms with E-state index in [2.05, 4.69) is 4.98 Å². The fraction of sp³-hybridized carbons (Fsp3) is 0.143. The summed E-state index contributed by atoms with van der Waals surface area (Å²) < 4.78 is 5.52. The average molecular weight is 243 g/mol. The molecular formula is C14H13NO3. The van der Waals surface area contributed by atoms with Crippen LogP contribution in [0.5, 0.6) is 0 Å². The van der Waals surface area contributed by atoms with E-state index in [0.29, 0.717) is 13.2 Å². The zero-order valence-corrected chi connectivity index (χ0v) is 9.74. The molecule has 1 heterocycles. The van der Waals surface area contributed by atoms with Gasteiger partial charge in [0.15, 0.2) is 0 Å². The Morgan fingerprint density at radius 2 is 1.83 bits per heavy atom. The van der Waals surface area contributed by atoms with Crippen LogP contribution in [0.2, 0.25) is 0 Å². The van der Waals surface area contributed by atoms with E-state index >= 15 is 0 Å². The number of carboxylic acids is 1. The number of nitrogens with zero attached hydrogens (tertiary/aromatic N) is 1. The first-order valence-electron chi connectivity index (χ1n) is 5.54. The van der Waals surface area contributed by atoms with Crippen molar-refractivity contribution in [2.75, 3.05) is 0 Å². The first-order valence-corrected chi connectivity index (χ1v) is 5.54. The van der Waals surface area contributed by atoms with Crippen LogP contribution in [-0.2, 0) is 18.0 Å². The number of aromatic carboxylic acids is 1. The number of pyridine rings is 1. The summed E-state index contributed by atoms with van der Waals surface area (Å²) in [5.41, 5.74) is 2.24. The summed E-state index contributed by atoms with van der Waals surface area (Å²) in [6, 6.07) is 10.5. The maximum absolute atomic E-state index is 10.7. The third-order valence-electron chi connectivity index (χ3n) is 2.46. The molecule has 0 aliphatic carbocycles. The van der Waals surface area contributed by atoms with Crippen molar-refractivity contribution in [1.29, 1.82) is 0 Å². The number of aromatic nitrogens is 1. The monoisotopic (exact) mass is 243 g/mol. The molecule has 0 fully saturated rings. The third kappa shape index (κ3) is 3.40. The molecule has 1 aromatic heterocycles. The number of hydrogen-bond donors (Lipinski definition) is 1. The molecule has 0 saturated heterocycles. The van der Waals surface area contributed by atoms with Gasteiger partial charge < -0.3 is 9.84 Å². The van der Waals surface area contributed by atoms with E-state index in [9.17, 15) is 4.79 Å². The summed E-state index contributed by atoms with van der Waals surface area (Å²) in [7, 11) is 0. The molecule has 2 rings (SSSR count). The van der Waals surface area contributed by atoms with Crippen LogP contribution in [0, 0.1) is 0 Å². The molecule has 0 aliphatic rings. The Labute approximate surface area is 105 Å². The Hall–Kier alpha value is -2.20. The Morgan fingerprint density at radius 3 is 2.44 bits per heavy atom. The van der Waals surface area contributed by atoms with E-state index in [1.165, 1.54) is 0 Å². The number of benzene rings is 1. The van der Waals surface area contributed by atoms with Crippen LogP contribution in [0.15, 0.2) is 48.8 Å². The number of hydrogen-bond acceptors (Lipinski definition) is 3. The van der Waals surface area contributed by atoms with Crippen LogP contribution < -0.4 is 0 Å². The summed E-state index contributed by atoms with van der Waals surface area (Å²) in [6.45, 7) is 0.948. The normalized spacial score (nSPS) is 10.2. The Morgan fingerprint density at radius 1 is 1.11 bits per heavy atom. The third-order valence-corrected chi connectivity index (χ3v) is 2.46. The summed E-state index contributed by atoms with van der Waals surface area (Å²) in [6.07, 6.45) is 3.47. The predicted octanol–water partition coefficient (Wildman–Crippen LogP) is 2.50. The van der Waals surface area contributed by atoms with Crippen molar-refractivity contribution < 1.29 is 14.6 Å². The lowest BCUT2D eigenvalue weighted by Gasteiger charge is -2.04. The minimum Gasteiger partial charge on any atom is -0.478 e. The van der Waals surface area contributed by atoms with Gasteiger partial charge in [0.25, 0.3) is 0 Å². The Bertz CT molecular complexity index is 508. The van der Waals surface area contributed by atoms with Crippen LogP contribution in [-0.4, -0.2) is 16.1 Å². The quantitative estimate of drug-likeness (QED) is 0.876. The van der Waals surface area contributed by atoms with Gasteiger partial charge in [0, 0.05) is 12.4 Å². The maximum Gasteiger partial charge on any atom is 0.335 e. The second-order valence-electron chi connectivity index (χ2n) is 3.86. The second kappa shape index (κ2) is 5.93. The summed E-state index contributed by atoms with van der Waals surface area (Å²) >= 11 is 0. The lowest BCUT2D eigenvalue weighted by molar-refractivity contribution is 0.0696. The first-order chi connectivity index (χ1) is 8.75. The highest BCUT2D eigenvalue weighted by atomic mass is 16.5. The fourth-order valence-electron chi connectivity index (χ4n) is 1.51. The molecule has 0 amide bonds. The highest BCUT2D eigenvalue weighted by Crippen LogP contribution is 2.07. The number of carboxylic acid groups (broad SMARTS) is 1. The summed E-state index contributed by atoms with van der Waals surface area (Å²) in [4.78, 5) is 14.7. The largest absolute Gasteiger partial charge is 0.478 e. The molecule has 0 radical (unpaired) electrons. The SMILES string of the molecule is O=C(O)c1ccc(COCc2cccnc2)cc1. The lowest BCUT2D eigenvalue weighted by atomic mass is 10.1. The van der Waals surface area contributed by atoms with Crippen LogP contribution in [0.4, 0.5) is 0 Å². The standard InChI is InChI=1S/C14H13NO3/c16-14(17)13-5-3-11(4-6-13)9-18-10-12-2-1-7-15-8-12/h1-8H,9-10H2,(H,16,17). The summed E-state index contributed by atoms with van der Waals surface area (Å²) in [5, 5.41) is 8.76. The molecule has 0 spiro atoms. The van der Waals surface area contributed by atoms with Crippen molar-refractivity contribution >= 4 is 5.97 Å². The van der Waals surface area contributed by atoms with Crippen molar-refractivity contribution in [3.05, 3.63) is 65.5 Å². The molecule has 4 nitrogen and oxygen atoms in total. The fourth-order valence-corrected chi connectivity index (χ4v) is 1.51. The van der Waals surface area contributed by atoms with Gasteiger partial charge in [0.05, 0.1) is 18.8 Å². The second-order valence-corrected chi connectivity index (χ2v) is 3.86. The van der Waals surface area contributed by atoms with Crippen LogP contribution in [0.3, 0.4) is 0 Å². The van der Waals surface area contributed by atoms with Crippen molar-refractivity contribution in [2.45, 2.75) is 13.2 Å². The first kappa shape index (κ1) is 12.3. The molecule has 2 aromatic rings. The maximum atomic E-state index is 10.7. The van der Waals surface area contributed by atoms with Gasteiger partial charge in [-0.1, -0.05) is 18.2 Å². The average Bonchev–Trinajstić information content (AvgIpc) is 2.40. The van der Waals surface area contributed by atoms with Crippen LogP contribution in [0.25, 0.3) is 0 Å². The van der Waals surface area contributed by atoms with Gasteiger partial charge >= 0.3 is 5.97 Å². The van der Waals surface area contributed by atoms with Gasteiger partial charge in [-0.15, -0.1) is 0 Å².